The van der Waals surface area contributed by atoms with Crippen LogP contribution >= 0.6 is 0 Å². The van der Waals surface area contributed by atoms with Crippen LogP contribution in [-0.4, -0.2) is 4.98 Å². The molecule has 0 unspecified atom stereocenters. The molecule has 1 nitrogen and oxygen atoms in total. The number of halogens is 1. The van der Waals surface area contributed by atoms with Gasteiger partial charge in [-0.25, -0.2) is 4.39 Å². The standard InChI is InChI=1S/C18H22FN/c1-12-6-7-15(16(19)8-12)17-9-14(10-18(3,4)5)13(2)11-20-17/h6-9,11H,10H2,1-5H3/i1D3,2D3. The summed E-state index contributed by atoms with van der Waals surface area (Å²) in [5.74, 6) is -0.700. The predicted octanol–water partition coefficient (Wildman–Crippen LogP) is 5.09. The fraction of sp³-hybridized carbons (Fsp3) is 0.389. The molecule has 1 heterocycles. The van der Waals surface area contributed by atoms with E-state index in [1.165, 1.54) is 18.3 Å². The van der Waals surface area contributed by atoms with Crippen LogP contribution in [0.2, 0.25) is 0 Å². The SMILES string of the molecule is [2H]C([2H])([2H])c1ccc(-c2cc(CC(C)(C)C)c(C([2H])([2H])[2H])cn2)c(F)c1. The van der Waals surface area contributed by atoms with E-state index in [1.54, 1.807) is 6.07 Å². The summed E-state index contributed by atoms with van der Waals surface area (Å²) in [7, 11) is 0. The number of hydrogen-bond acceptors (Lipinski definition) is 1. The van der Waals surface area contributed by atoms with Gasteiger partial charge in [-0.2, -0.15) is 0 Å². The quantitative estimate of drug-likeness (QED) is 0.744. The Morgan fingerprint density at radius 1 is 1.20 bits per heavy atom. The Morgan fingerprint density at radius 3 is 2.60 bits per heavy atom. The summed E-state index contributed by atoms with van der Waals surface area (Å²) in [4.78, 5) is 4.12. The van der Waals surface area contributed by atoms with Crippen LogP contribution in [0.5, 0.6) is 0 Å². The molecule has 2 rings (SSSR count). The number of rotatable bonds is 2. The average Bonchev–Trinajstić information content (AvgIpc) is 2.43. The molecule has 20 heavy (non-hydrogen) atoms. The molecule has 0 aliphatic rings. The summed E-state index contributed by atoms with van der Waals surface area (Å²) < 4.78 is 59.6. The second-order valence-electron chi connectivity index (χ2n) is 6.16. The second-order valence-corrected chi connectivity index (χ2v) is 6.16. The zero-order valence-electron chi connectivity index (χ0n) is 17.9. The van der Waals surface area contributed by atoms with Crippen molar-refractivity contribution in [2.45, 2.75) is 40.9 Å². The first kappa shape index (κ1) is 8.56. The summed E-state index contributed by atoms with van der Waals surface area (Å²) in [6.07, 6.45) is 1.76. The molecule has 0 saturated carbocycles. The van der Waals surface area contributed by atoms with Gasteiger partial charge < -0.3 is 0 Å². The molecule has 0 aliphatic carbocycles. The van der Waals surface area contributed by atoms with E-state index in [2.05, 4.69) is 4.98 Å². The first-order chi connectivity index (χ1) is 11.7. The van der Waals surface area contributed by atoms with E-state index in [9.17, 15) is 4.39 Å². The van der Waals surface area contributed by atoms with Crippen molar-refractivity contribution < 1.29 is 12.6 Å². The minimum Gasteiger partial charge on any atom is -0.256 e. The maximum atomic E-state index is 14.5. The van der Waals surface area contributed by atoms with Crippen molar-refractivity contribution in [2.24, 2.45) is 5.41 Å². The molecule has 0 atom stereocenters. The first-order valence-corrected chi connectivity index (χ1v) is 6.48. The van der Waals surface area contributed by atoms with Crippen LogP contribution < -0.4 is 0 Å². The molecule has 2 aromatic rings. The van der Waals surface area contributed by atoms with E-state index in [1.807, 2.05) is 20.8 Å². The summed E-state index contributed by atoms with van der Waals surface area (Å²) in [6.45, 7) is 1.26. The Morgan fingerprint density at radius 2 is 2.00 bits per heavy atom. The van der Waals surface area contributed by atoms with E-state index >= 15 is 0 Å². The number of pyridine rings is 1. The zero-order chi connectivity index (χ0) is 19.9. The van der Waals surface area contributed by atoms with Crippen molar-refractivity contribution in [3.8, 4) is 11.3 Å². The molecule has 1 aromatic carbocycles. The van der Waals surface area contributed by atoms with Crippen molar-refractivity contribution >= 4 is 0 Å². The Kier molecular flexibility index (Phi) is 2.29. The second kappa shape index (κ2) is 5.35. The van der Waals surface area contributed by atoms with E-state index in [0.29, 0.717) is 12.0 Å². The summed E-state index contributed by atoms with van der Waals surface area (Å²) in [5, 5.41) is 0. The molecule has 106 valence electrons. The minimum absolute atomic E-state index is 0.0900. The summed E-state index contributed by atoms with van der Waals surface area (Å²) >= 11 is 0. The lowest BCUT2D eigenvalue weighted by Crippen LogP contribution is -2.10. The third-order valence-corrected chi connectivity index (χ3v) is 2.96. The van der Waals surface area contributed by atoms with Crippen molar-refractivity contribution in [3.63, 3.8) is 0 Å². The normalized spacial score (nSPS) is 17.4. The Bertz CT molecular complexity index is 803. The first-order valence-electron chi connectivity index (χ1n) is 9.48. The smallest absolute Gasteiger partial charge is 0.132 e. The highest BCUT2D eigenvalue weighted by Crippen LogP contribution is 2.27. The minimum atomic E-state index is -2.39. The Balaban J connectivity index is 2.56. The number of hydrogen-bond donors (Lipinski definition) is 0. The Labute approximate surface area is 129 Å². The monoisotopic (exact) mass is 277 g/mol. The highest BCUT2D eigenvalue weighted by Gasteiger charge is 2.15. The van der Waals surface area contributed by atoms with E-state index in [0.717, 1.165) is 6.07 Å². The van der Waals surface area contributed by atoms with Crippen molar-refractivity contribution in [1.29, 1.82) is 0 Å². The van der Waals surface area contributed by atoms with Crippen molar-refractivity contribution in [1.82, 2.24) is 4.98 Å². The summed E-state index contributed by atoms with van der Waals surface area (Å²) in [5.41, 5.74) is 0.907. The van der Waals surface area contributed by atoms with E-state index < -0.39 is 19.5 Å². The molecule has 0 fully saturated rings. The predicted molar refractivity (Wildman–Crippen MR) is 82.3 cm³/mol. The van der Waals surface area contributed by atoms with Crippen LogP contribution in [0.3, 0.4) is 0 Å². The molecule has 2 heteroatoms. The van der Waals surface area contributed by atoms with Crippen LogP contribution in [-0.2, 0) is 6.42 Å². The van der Waals surface area contributed by atoms with E-state index in [-0.39, 0.29) is 27.8 Å². The van der Waals surface area contributed by atoms with Gasteiger partial charge in [-0.15, -0.1) is 0 Å². The lowest BCUT2D eigenvalue weighted by atomic mass is 9.86. The lowest BCUT2D eigenvalue weighted by molar-refractivity contribution is 0.410. The molecule has 0 bridgehead atoms. The average molecular weight is 277 g/mol. The molecule has 0 N–H and O–H groups in total. The van der Waals surface area contributed by atoms with Crippen molar-refractivity contribution in [2.75, 3.05) is 0 Å². The number of aromatic nitrogens is 1. The lowest BCUT2D eigenvalue weighted by Gasteiger charge is -2.20. The van der Waals surface area contributed by atoms with Crippen LogP contribution in [0.1, 0.15) is 45.7 Å². The topological polar surface area (TPSA) is 12.9 Å². The zero-order valence-corrected chi connectivity index (χ0v) is 11.9. The molecule has 0 amide bonds. The largest absolute Gasteiger partial charge is 0.256 e. The Hall–Kier alpha value is -1.70. The number of aryl methyl sites for hydroxylation is 2. The molecular formula is C18H22FN. The third kappa shape index (κ3) is 3.44. The van der Waals surface area contributed by atoms with Crippen molar-refractivity contribution in [3.05, 3.63) is 53.0 Å². The highest BCUT2D eigenvalue weighted by molar-refractivity contribution is 5.61. The molecular weight excluding hydrogens is 249 g/mol. The van der Waals surface area contributed by atoms with Gasteiger partial charge in [0.25, 0.3) is 0 Å². The van der Waals surface area contributed by atoms with Gasteiger partial charge in [-0.05, 0) is 60.4 Å². The van der Waals surface area contributed by atoms with Gasteiger partial charge in [0.2, 0.25) is 0 Å². The summed E-state index contributed by atoms with van der Waals surface area (Å²) in [6, 6.07) is 5.27. The van der Waals surface area contributed by atoms with Gasteiger partial charge in [0.15, 0.2) is 0 Å². The van der Waals surface area contributed by atoms with Gasteiger partial charge in [0, 0.05) is 20.0 Å². The van der Waals surface area contributed by atoms with Crippen LogP contribution in [0, 0.1) is 24.9 Å². The van der Waals surface area contributed by atoms with Crippen LogP contribution in [0.15, 0.2) is 30.5 Å². The third-order valence-electron chi connectivity index (χ3n) is 2.96. The van der Waals surface area contributed by atoms with Gasteiger partial charge in [0.05, 0.1) is 5.69 Å². The van der Waals surface area contributed by atoms with Gasteiger partial charge in [-0.3, -0.25) is 4.98 Å². The van der Waals surface area contributed by atoms with Gasteiger partial charge in [0.1, 0.15) is 5.82 Å². The van der Waals surface area contributed by atoms with Crippen LogP contribution in [0.4, 0.5) is 4.39 Å². The highest BCUT2D eigenvalue weighted by atomic mass is 19.1. The fourth-order valence-corrected chi connectivity index (χ4v) is 2.08. The number of nitrogens with zero attached hydrogens (tertiary/aromatic N) is 1. The molecule has 0 aliphatic heterocycles. The molecule has 0 radical (unpaired) electrons. The van der Waals surface area contributed by atoms with E-state index in [4.69, 9.17) is 8.22 Å². The van der Waals surface area contributed by atoms with Gasteiger partial charge in [-0.1, -0.05) is 26.8 Å². The van der Waals surface area contributed by atoms with Gasteiger partial charge >= 0.3 is 0 Å². The molecule has 0 saturated heterocycles. The molecule has 0 spiro atoms. The number of benzene rings is 1. The molecule has 1 aromatic heterocycles. The fourth-order valence-electron chi connectivity index (χ4n) is 2.08. The van der Waals surface area contributed by atoms with Crippen LogP contribution in [0.25, 0.3) is 11.3 Å². The maximum Gasteiger partial charge on any atom is 0.132 e. The maximum absolute atomic E-state index is 14.5.